The van der Waals surface area contributed by atoms with Crippen molar-refractivity contribution < 1.29 is 19.1 Å². The predicted molar refractivity (Wildman–Crippen MR) is 149 cm³/mol. The third-order valence-electron chi connectivity index (χ3n) is 4.63. The van der Waals surface area contributed by atoms with Crippen molar-refractivity contribution in [3.8, 4) is 11.5 Å². The van der Waals surface area contributed by atoms with Gasteiger partial charge in [-0.25, -0.2) is 15.4 Å². The van der Waals surface area contributed by atoms with Gasteiger partial charge in [0.15, 0.2) is 23.3 Å². The maximum absolute atomic E-state index is 12.3. The molecule has 2 aromatic carbocycles. The molecule has 0 bridgehead atoms. The van der Waals surface area contributed by atoms with Crippen molar-refractivity contribution in [2.75, 3.05) is 24.8 Å². The Kier molecular flexibility index (Phi) is 10.1. The first kappa shape index (κ1) is 27.4. The van der Waals surface area contributed by atoms with Crippen LogP contribution in [0.5, 0.6) is 11.5 Å². The van der Waals surface area contributed by atoms with Gasteiger partial charge in [-0.1, -0.05) is 29.5 Å². The van der Waals surface area contributed by atoms with Crippen LogP contribution in [0.1, 0.15) is 22.5 Å². The number of carbonyl (C=O) groups is 2. The van der Waals surface area contributed by atoms with E-state index in [0.717, 1.165) is 20.5 Å². The van der Waals surface area contributed by atoms with Gasteiger partial charge in [-0.15, -0.1) is 0 Å². The monoisotopic (exact) mass is 619 g/mol. The summed E-state index contributed by atoms with van der Waals surface area (Å²) in [7, 11) is 1.51. The second-order valence-electron chi connectivity index (χ2n) is 7.75. The fourth-order valence-corrected chi connectivity index (χ4v) is 4.55. The number of hydrazone groups is 1. The van der Waals surface area contributed by atoms with Gasteiger partial charge in [0.2, 0.25) is 0 Å². The quantitative estimate of drug-likeness (QED) is 0.115. The number of rotatable bonds is 10. The van der Waals surface area contributed by atoms with Crippen molar-refractivity contribution in [2.24, 2.45) is 5.10 Å². The number of thioether (sulfide) groups is 1. The molecular formula is C25H26IN5O4S. The topological polar surface area (TPSA) is 115 Å². The lowest BCUT2D eigenvalue weighted by atomic mass is 10.2. The molecule has 11 heteroatoms. The maximum atomic E-state index is 12.3. The standard InChI is InChI=1S/C25H26IN5O4S/c1-15-5-7-19(8-6-15)30-22(32)13-35-24-20(26)10-18(11-21(24)34-4)12-27-31-23(33)14-36-25-28-16(2)9-17(3)29-25/h5-12H,13-14H2,1-4H3,(H,30,32)(H,31,33)/b27-12-. The molecular weight excluding hydrogens is 593 g/mol. The molecule has 0 aliphatic heterocycles. The van der Waals surface area contributed by atoms with E-state index in [-0.39, 0.29) is 24.2 Å². The zero-order chi connectivity index (χ0) is 26.1. The first-order valence-electron chi connectivity index (χ1n) is 10.9. The molecule has 2 N–H and O–H groups in total. The van der Waals surface area contributed by atoms with Crippen LogP contribution in [0.2, 0.25) is 0 Å². The highest BCUT2D eigenvalue weighted by Gasteiger charge is 2.14. The Hall–Kier alpha value is -3.19. The number of carbonyl (C=O) groups excluding carboxylic acids is 2. The molecule has 0 aliphatic rings. The minimum atomic E-state index is -0.283. The number of nitrogens with zero attached hydrogens (tertiary/aromatic N) is 3. The van der Waals surface area contributed by atoms with E-state index in [4.69, 9.17) is 9.47 Å². The second-order valence-corrected chi connectivity index (χ2v) is 9.86. The molecule has 1 aromatic heterocycles. The zero-order valence-corrected chi connectivity index (χ0v) is 23.3. The molecule has 188 valence electrons. The van der Waals surface area contributed by atoms with Gasteiger partial charge in [0.25, 0.3) is 11.8 Å². The first-order chi connectivity index (χ1) is 17.2. The van der Waals surface area contributed by atoms with Gasteiger partial charge in [-0.05, 0) is 79.3 Å². The molecule has 0 saturated heterocycles. The Labute approximate surface area is 227 Å². The van der Waals surface area contributed by atoms with E-state index >= 15 is 0 Å². The summed E-state index contributed by atoms with van der Waals surface area (Å²) in [4.78, 5) is 33.0. The Morgan fingerprint density at radius 1 is 1.06 bits per heavy atom. The number of hydrogen-bond acceptors (Lipinski definition) is 8. The fraction of sp³-hybridized carbons (Fsp3) is 0.240. The number of amides is 2. The number of aromatic nitrogens is 2. The van der Waals surface area contributed by atoms with E-state index in [2.05, 4.69) is 48.4 Å². The average Bonchev–Trinajstić information content (AvgIpc) is 2.82. The zero-order valence-electron chi connectivity index (χ0n) is 20.3. The molecule has 0 aliphatic carbocycles. The van der Waals surface area contributed by atoms with Gasteiger partial charge in [0.05, 0.1) is 22.6 Å². The molecule has 0 radical (unpaired) electrons. The third kappa shape index (κ3) is 8.48. The third-order valence-corrected chi connectivity index (χ3v) is 6.28. The smallest absolute Gasteiger partial charge is 0.262 e. The van der Waals surface area contributed by atoms with E-state index in [1.54, 1.807) is 6.07 Å². The SMILES string of the molecule is COc1cc(/C=N\NC(=O)CSc2nc(C)cc(C)n2)cc(I)c1OCC(=O)Nc1ccc(C)cc1. The lowest BCUT2D eigenvalue weighted by Crippen LogP contribution is -2.20. The molecule has 2 amide bonds. The minimum Gasteiger partial charge on any atom is -0.493 e. The van der Waals surface area contributed by atoms with E-state index in [1.807, 2.05) is 57.2 Å². The van der Waals surface area contributed by atoms with Crippen LogP contribution < -0.4 is 20.2 Å². The van der Waals surface area contributed by atoms with Crippen LogP contribution in [0, 0.1) is 24.3 Å². The Bertz CT molecular complexity index is 1250. The van der Waals surface area contributed by atoms with Crippen molar-refractivity contribution in [3.05, 3.63) is 68.5 Å². The highest BCUT2D eigenvalue weighted by atomic mass is 127. The van der Waals surface area contributed by atoms with Crippen LogP contribution in [0.25, 0.3) is 0 Å². The van der Waals surface area contributed by atoms with Gasteiger partial charge in [0.1, 0.15) is 0 Å². The van der Waals surface area contributed by atoms with Gasteiger partial charge in [0, 0.05) is 17.1 Å². The molecule has 3 rings (SSSR count). The fourth-order valence-electron chi connectivity index (χ4n) is 3.03. The summed E-state index contributed by atoms with van der Waals surface area (Å²) < 4.78 is 11.9. The summed E-state index contributed by atoms with van der Waals surface area (Å²) in [5.74, 6) is 0.469. The summed E-state index contributed by atoms with van der Waals surface area (Å²) in [6.07, 6.45) is 1.51. The minimum absolute atomic E-state index is 0.137. The maximum Gasteiger partial charge on any atom is 0.262 e. The Morgan fingerprint density at radius 3 is 2.42 bits per heavy atom. The number of benzene rings is 2. The first-order valence-corrected chi connectivity index (χ1v) is 12.9. The lowest BCUT2D eigenvalue weighted by molar-refractivity contribution is -0.119. The van der Waals surface area contributed by atoms with Crippen molar-refractivity contribution in [3.63, 3.8) is 0 Å². The van der Waals surface area contributed by atoms with Crippen molar-refractivity contribution in [1.29, 1.82) is 0 Å². The van der Waals surface area contributed by atoms with Crippen LogP contribution in [-0.2, 0) is 9.59 Å². The Balaban J connectivity index is 1.54. The lowest BCUT2D eigenvalue weighted by Gasteiger charge is -2.13. The van der Waals surface area contributed by atoms with Crippen molar-refractivity contribution >= 4 is 58.1 Å². The molecule has 9 nitrogen and oxygen atoms in total. The summed E-state index contributed by atoms with van der Waals surface area (Å²) in [5, 5.41) is 7.36. The van der Waals surface area contributed by atoms with Crippen LogP contribution in [0.3, 0.4) is 0 Å². The molecule has 36 heavy (non-hydrogen) atoms. The number of aryl methyl sites for hydroxylation is 3. The van der Waals surface area contributed by atoms with Gasteiger partial charge in [-0.3, -0.25) is 9.59 Å². The molecule has 0 unspecified atom stereocenters. The van der Waals surface area contributed by atoms with E-state index in [1.165, 1.54) is 25.1 Å². The molecule has 0 saturated carbocycles. The van der Waals surface area contributed by atoms with Crippen LogP contribution >= 0.6 is 34.4 Å². The molecule has 1 heterocycles. The second kappa shape index (κ2) is 13.2. The van der Waals surface area contributed by atoms with Crippen LogP contribution in [0.15, 0.2) is 52.7 Å². The van der Waals surface area contributed by atoms with Gasteiger partial charge < -0.3 is 14.8 Å². The largest absolute Gasteiger partial charge is 0.493 e. The average molecular weight is 619 g/mol. The summed E-state index contributed by atoms with van der Waals surface area (Å²) in [6, 6.07) is 12.9. The van der Waals surface area contributed by atoms with Crippen LogP contribution in [0.4, 0.5) is 5.69 Å². The number of anilines is 1. The van der Waals surface area contributed by atoms with E-state index < -0.39 is 0 Å². The molecule has 0 atom stereocenters. The Morgan fingerprint density at radius 2 is 1.75 bits per heavy atom. The van der Waals surface area contributed by atoms with Crippen molar-refractivity contribution in [1.82, 2.24) is 15.4 Å². The predicted octanol–water partition coefficient (Wildman–Crippen LogP) is 4.27. The number of nitrogens with one attached hydrogen (secondary N) is 2. The normalized spacial score (nSPS) is 10.8. The molecule has 0 fully saturated rings. The summed E-state index contributed by atoms with van der Waals surface area (Å²) in [5.41, 5.74) is 6.70. The summed E-state index contributed by atoms with van der Waals surface area (Å²) in [6.45, 7) is 5.57. The van der Waals surface area contributed by atoms with Crippen LogP contribution in [-0.4, -0.2) is 47.5 Å². The molecule has 3 aromatic rings. The highest BCUT2D eigenvalue weighted by Crippen LogP contribution is 2.33. The van der Waals surface area contributed by atoms with Gasteiger partial charge in [-0.2, -0.15) is 5.10 Å². The highest BCUT2D eigenvalue weighted by molar-refractivity contribution is 14.1. The van der Waals surface area contributed by atoms with E-state index in [9.17, 15) is 9.59 Å². The number of methoxy groups -OCH3 is 1. The number of ether oxygens (including phenoxy) is 2. The summed E-state index contributed by atoms with van der Waals surface area (Å²) >= 11 is 3.34. The number of hydrogen-bond donors (Lipinski definition) is 2. The van der Waals surface area contributed by atoms with E-state index in [0.29, 0.717) is 27.9 Å². The molecule has 0 spiro atoms. The van der Waals surface area contributed by atoms with Crippen molar-refractivity contribution in [2.45, 2.75) is 25.9 Å². The number of halogens is 1. The van der Waals surface area contributed by atoms with Gasteiger partial charge >= 0.3 is 0 Å².